The number of benzene rings is 2. The quantitative estimate of drug-likeness (QED) is 0.103. The second-order valence-electron chi connectivity index (χ2n) is 18.5. The molecule has 2 aromatic carbocycles. The Morgan fingerprint density at radius 3 is 1.61 bits per heavy atom. The van der Waals surface area contributed by atoms with Gasteiger partial charge in [0.2, 0.25) is 5.78 Å². The summed E-state index contributed by atoms with van der Waals surface area (Å²) >= 11 is 0. The molecule has 6 aromatic rings. The fraction of sp³-hybridized carbons (Fsp3) is 0.453. The van der Waals surface area contributed by atoms with Crippen molar-refractivity contribution in [1.29, 1.82) is 0 Å². The van der Waals surface area contributed by atoms with Crippen LogP contribution in [0.2, 0.25) is 0 Å². The van der Waals surface area contributed by atoms with E-state index in [2.05, 4.69) is 44.0 Å². The van der Waals surface area contributed by atoms with Crippen LogP contribution in [0.1, 0.15) is 131 Å². The number of nitrogens with zero attached hydrogens (tertiary/aromatic N) is 6. The number of halogens is 3. The van der Waals surface area contributed by atoms with Crippen molar-refractivity contribution in [1.82, 2.24) is 29.4 Å². The molecule has 10 rings (SSSR count). The van der Waals surface area contributed by atoms with Crippen LogP contribution in [0.4, 0.5) is 13.2 Å². The van der Waals surface area contributed by atoms with Gasteiger partial charge >= 0.3 is 6.18 Å². The van der Waals surface area contributed by atoms with Gasteiger partial charge in [-0.25, -0.2) is 9.97 Å². The highest BCUT2D eigenvalue weighted by atomic mass is 19.4. The smallest absolute Gasteiger partial charge is 0.356 e. The highest BCUT2D eigenvalue weighted by Crippen LogP contribution is 2.49. The summed E-state index contributed by atoms with van der Waals surface area (Å²) in [6, 6.07) is 18.9. The Kier molecular flexibility index (Phi) is 14.8. The van der Waals surface area contributed by atoms with Crippen LogP contribution in [0.15, 0.2) is 94.5 Å². The summed E-state index contributed by atoms with van der Waals surface area (Å²) in [5.41, 5.74) is 9.80. The summed E-state index contributed by atoms with van der Waals surface area (Å²) in [5, 5.41) is 8.44. The SMILES string of the molecule is C[C@H](OC1CCCCO1)c1nccn1Cc1cc(-c2ccc(C#CC3(CC(=O)C(F)(F)F)CC3)cc2)on1.C[C@H](OC1CCCCO1)c1nccn1Cc1cc(-c2ccc(C#CC3(N)CC3)cc2)on1. The number of ether oxygens (including phenoxy) is 4. The first-order valence-corrected chi connectivity index (χ1v) is 23.9. The predicted molar refractivity (Wildman–Crippen MR) is 250 cm³/mol. The molecule has 366 valence electrons. The van der Waals surface area contributed by atoms with E-state index in [4.69, 9.17) is 33.7 Å². The number of nitrogens with two attached hydrogens (primary N) is 1. The Bertz CT molecular complexity index is 2820. The zero-order valence-electron chi connectivity index (χ0n) is 39.3. The summed E-state index contributed by atoms with van der Waals surface area (Å²) in [4.78, 5) is 20.3. The van der Waals surface area contributed by atoms with E-state index in [1.165, 1.54) is 0 Å². The molecule has 70 heavy (non-hydrogen) atoms. The largest absolute Gasteiger partial charge is 0.450 e. The minimum Gasteiger partial charge on any atom is -0.356 e. The zero-order chi connectivity index (χ0) is 48.7. The minimum atomic E-state index is -4.82. The first-order valence-electron chi connectivity index (χ1n) is 23.9. The third kappa shape index (κ3) is 12.9. The number of rotatable bonds is 14. The Morgan fingerprint density at radius 2 is 1.20 bits per heavy atom. The molecule has 2 aliphatic heterocycles. The lowest BCUT2D eigenvalue weighted by atomic mass is 9.99. The maximum absolute atomic E-state index is 12.6. The molecule has 4 fully saturated rings. The number of ketones is 1. The molecule has 4 atom stereocenters. The van der Waals surface area contributed by atoms with Gasteiger partial charge < -0.3 is 42.9 Å². The number of hydrogen-bond acceptors (Lipinski definition) is 12. The number of imidazole rings is 2. The van der Waals surface area contributed by atoms with Gasteiger partial charge in [-0.3, -0.25) is 4.79 Å². The molecule has 0 radical (unpaired) electrons. The molecule has 2 saturated carbocycles. The second-order valence-corrected chi connectivity index (χ2v) is 18.5. The molecule has 4 aromatic heterocycles. The molecular weight excluding hydrogens is 904 g/mol. The van der Waals surface area contributed by atoms with Crippen molar-refractivity contribution in [2.24, 2.45) is 11.1 Å². The van der Waals surface area contributed by atoms with Crippen molar-refractivity contribution in [3.05, 3.63) is 120 Å². The number of hydrogen-bond donors (Lipinski definition) is 1. The molecular formula is C53H56F3N7O7. The van der Waals surface area contributed by atoms with Crippen molar-refractivity contribution >= 4 is 5.78 Å². The number of carbonyl (C=O) groups is 1. The molecule has 2 N–H and O–H groups in total. The van der Waals surface area contributed by atoms with Crippen LogP contribution in [0.25, 0.3) is 22.6 Å². The first kappa shape index (κ1) is 48.7. The van der Waals surface area contributed by atoms with E-state index in [1.54, 1.807) is 24.5 Å². The lowest BCUT2D eigenvalue weighted by molar-refractivity contribution is -0.188. The van der Waals surface area contributed by atoms with Gasteiger partial charge in [-0.2, -0.15) is 13.2 Å². The average molecular weight is 960 g/mol. The molecule has 17 heteroatoms. The van der Waals surface area contributed by atoms with E-state index in [-0.39, 0.29) is 30.3 Å². The Labute approximate surface area is 404 Å². The monoisotopic (exact) mass is 959 g/mol. The normalized spacial score (nSPS) is 19.9. The minimum absolute atomic E-state index is 0.158. The summed E-state index contributed by atoms with van der Waals surface area (Å²) in [5.74, 6) is 13.3. The summed E-state index contributed by atoms with van der Waals surface area (Å²) in [7, 11) is 0. The van der Waals surface area contributed by atoms with Gasteiger partial charge in [-0.05, 0) is 127 Å². The van der Waals surface area contributed by atoms with Crippen molar-refractivity contribution in [2.75, 3.05) is 13.2 Å². The van der Waals surface area contributed by atoms with E-state index in [9.17, 15) is 18.0 Å². The molecule has 0 bridgehead atoms. The van der Waals surface area contributed by atoms with Gasteiger partial charge in [0.25, 0.3) is 0 Å². The summed E-state index contributed by atoms with van der Waals surface area (Å²) in [6.45, 7) is 6.44. The Balaban J connectivity index is 0.000000176. The molecule has 0 amide bonds. The predicted octanol–water partition coefficient (Wildman–Crippen LogP) is 9.88. The van der Waals surface area contributed by atoms with E-state index < -0.39 is 23.8 Å². The molecule has 6 heterocycles. The Hall–Kier alpha value is -6.34. The summed E-state index contributed by atoms with van der Waals surface area (Å²) < 4.78 is 76.4. The van der Waals surface area contributed by atoms with Gasteiger partial charge in [0.1, 0.15) is 35.2 Å². The van der Waals surface area contributed by atoms with E-state index in [1.807, 2.05) is 83.9 Å². The van der Waals surface area contributed by atoms with Crippen molar-refractivity contribution < 1.29 is 46.0 Å². The first-order chi connectivity index (χ1) is 33.8. The topological polar surface area (TPSA) is 168 Å². The van der Waals surface area contributed by atoms with E-state index in [0.29, 0.717) is 49.6 Å². The number of Topliss-reactive ketones (excluding diaryl/α,β-unsaturated/α-hetero) is 1. The number of aromatic nitrogens is 6. The zero-order valence-corrected chi connectivity index (χ0v) is 39.3. The average Bonchev–Trinajstić information content (AvgIpc) is 3.85. The van der Waals surface area contributed by atoms with Crippen LogP contribution in [0.5, 0.6) is 0 Å². The lowest BCUT2D eigenvalue weighted by Crippen LogP contribution is -2.25. The molecule has 2 unspecified atom stereocenters. The highest BCUT2D eigenvalue weighted by molar-refractivity contribution is 5.85. The van der Waals surface area contributed by atoms with Crippen LogP contribution in [-0.4, -0.2) is 72.7 Å². The Morgan fingerprint density at radius 1 is 0.729 bits per heavy atom. The van der Waals surface area contributed by atoms with Gasteiger partial charge in [0.15, 0.2) is 24.1 Å². The molecule has 14 nitrogen and oxygen atoms in total. The van der Waals surface area contributed by atoms with Gasteiger partial charge in [0, 0.05) is 84.2 Å². The van der Waals surface area contributed by atoms with Crippen LogP contribution < -0.4 is 5.73 Å². The fourth-order valence-corrected chi connectivity index (χ4v) is 8.23. The van der Waals surface area contributed by atoms with Crippen LogP contribution >= 0.6 is 0 Å². The van der Waals surface area contributed by atoms with Crippen LogP contribution in [-0.2, 0) is 36.8 Å². The molecule has 2 saturated heterocycles. The summed E-state index contributed by atoms with van der Waals surface area (Å²) in [6.07, 6.45) is 10.3. The maximum Gasteiger partial charge on any atom is 0.450 e. The van der Waals surface area contributed by atoms with E-state index in [0.717, 1.165) is 97.8 Å². The fourth-order valence-electron chi connectivity index (χ4n) is 8.23. The highest BCUT2D eigenvalue weighted by Gasteiger charge is 2.49. The third-order valence-electron chi connectivity index (χ3n) is 12.7. The van der Waals surface area contributed by atoms with Crippen molar-refractivity contribution in [3.8, 4) is 46.3 Å². The van der Waals surface area contributed by atoms with Gasteiger partial charge in [-0.15, -0.1) is 0 Å². The maximum atomic E-state index is 12.6. The van der Waals surface area contributed by atoms with E-state index >= 15 is 0 Å². The second kappa shape index (κ2) is 21.3. The van der Waals surface area contributed by atoms with Crippen LogP contribution in [0, 0.1) is 29.1 Å². The van der Waals surface area contributed by atoms with Gasteiger partial charge in [-0.1, -0.05) is 34.0 Å². The van der Waals surface area contributed by atoms with Crippen molar-refractivity contribution in [2.45, 2.75) is 134 Å². The standard InChI is InChI=1S/C28H28F3N3O4.C25H28N4O3/c1-19(37-25-4-2-3-15-36-25)26-32-13-14-34(26)18-22-16-23(38-33-22)21-7-5-20(6-8-21)9-10-27(11-12-27)17-24(35)28(29,30)31;1-18(31-23-4-2-3-15-30-23)24-27-13-14-29(24)17-21-16-22(32-28-21)20-7-5-19(6-8-20)9-10-25(26)11-12-25/h5-8,13-14,16,19,25H,2-4,11-12,15,17-18H2,1H3;5-8,13-14,16,18,23H,2-4,11-12,15,17,26H2,1H3/t19-,25?;18-,23?/m00/s1. The molecule has 4 aliphatic rings. The third-order valence-corrected chi connectivity index (χ3v) is 12.7. The lowest BCUT2D eigenvalue weighted by Gasteiger charge is -2.26. The van der Waals surface area contributed by atoms with Gasteiger partial charge in [0.05, 0.1) is 18.6 Å². The van der Waals surface area contributed by atoms with Crippen LogP contribution in [0.3, 0.4) is 0 Å². The number of alkyl halides is 3. The molecule has 0 spiro atoms. The molecule has 2 aliphatic carbocycles. The van der Waals surface area contributed by atoms with Crippen molar-refractivity contribution in [3.63, 3.8) is 0 Å². The number of carbonyl (C=O) groups excluding carboxylic acids is 1.